The van der Waals surface area contributed by atoms with Crippen LogP contribution >= 0.6 is 23.1 Å². The summed E-state index contributed by atoms with van der Waals surface area (Å²) in [4.78, 5) is 1.20. The molecule has 1 N–H and O–H groups in total. The van der Waals surface area contributed by atoms with Crippen LogP contribution < -0.4 is 4.57 Å². The standard InChI is InChI=1S/C14H17NO3S3/c1-11(19-2)10-14-15(8-5-9-21(16,17)18)12-6-3-4-7-13(12)20-14/h3-4,6-7,10H,5,8-9H2,1-2H3/p+1. The van der Waals surface area contributed by atoms with Gasteiger partial charge in [-0.1, -0.05) is 23.5 Å². The molecule has 0 aliphatic heterocycles. The normalized spacial score (nSPS) is 13.0. The van der Waals surface area contributed by atoms with Crippen LogP contribution in [0, 0.1) is 0 Å². The highest BCUT2D eigenvalue weighted by molar-refractivity contribution is 8.02. The van der Waals surface area contributed by atoms with Crippen LogP contribution in [0.4, 0.5) is 0 Å². The lowest BCUT2D eigenvalue weighted by atomic mass is 10.3. The van der Waals surface area contributed by atoms with Gasteiger partial charge in [0.15, 0.2) is 6.54 Å². The Labute approximate surface area is 133 Å². The van der Waals surface area contributed by atoms with E-state index in [1.807, 2.05) is 24.5 Å². The van der Waals surface area contributed by atoms with Gasteiger partial charge in [0.2, 0.25) is 5.52 Å². The van der Waals surface area contributed by atoms with Crippen molar-refractivity contribution in [2.75, 3.05) is 12.0 Å². The number of nitrogens with zero attached hydrogens (tertiary/aromatic N) is 1. The van der Waals surface area contributed by atoms with E-state index in [-0.39, 0.29) is 5.75 Å². The number of para-hydroxylation sites is 1. The Balaban J connectivity index is 2.36. The molecular weight excluding hydrogens is 326 g/mol. The van der Waals surface area contributed by atoms with Crippen molar-refractivity contribution >= 4 is 49.5 Å². The second-order valence-electron chi connectivity index (χ2n) is 4.66. The van der Waals surface area contributed by atoms with Gasteiger partial charge in [0.25, 0.3) is 15.1 Å². The SMILES string of the molecule is CSC(C)=Cc1sc2ccccc2[n+]1CCCS(=O)(=O)O. The summed E-state index contributed by atoms with van der Waals surface area (Å²) in [6.45, 7) is 2.62. The van der Waals surface area contributed by atoms with E-state index in [1.165, 1.54) is 9.61 Å². The van der Waals surface area contributed by atoms with E-state index in [9.17, 15) is 8.42 Å². The maximum absolute atomic E-state index is 10.9. The summed E-state index contributed by atoms with van der Waals surface area (Å²) in [7, 11) is -3.90. The van der Waals surface area contributed by atoms with Gasteiger partial charge in [-0.3, -0.25) is 4.55 Å². The van der Waals surface area contributed by atoms with Crippen molar-refractivity contribution in [2.24, 2.45) is 0 Å². The van der Waals surface area contributed by atoms with E-state index < -0.39 is 10.1 Å². The van der Waals surface area contributed by atoms with Gasteiger partial charge in [-0.2, -0.15) is 13.0 Å². The van der Waals surface area contributed by atoms with Crippen molar-refractivity contribution in [3.8, 4) is 0 Å². The first-order valence-corrected chi connectivity index (χ1v) is 10.1. The number of hydrogen-bond donors (Lipinski definition) is 1. The van der Waals surface area contributed by atoms with Crippen LogP contribution in [0.2, 0.25) is 0 Å². The number of aryl methyl sites for hydroxylation is 1. The minimum atomic E-state index is -3.90. The Hall–Kier alpha value is -0.890. The Morgan fingerprint density at radius 2 is 2.14 bits per heavy atom. The Bertz CT molecular complexity index is 763. The molecule has 0 amide bonds. The fraction of sp³-hybridized carbons (Fsp3) is 0.357. The predicted molar refractivity (Wildman–Crippen MR) is 90.2 cm³/mol. The summed E-state index contributed by atoms with van der Waals surface area (Å²) in [6, 6.07) is 8.07. The molecule has 0 radical (unpaired) electrons. The van der Waals surface area contributed by atoms with E-state index >= 15 is 0 Å². The minimum absolute atomic E-state index is 0.213. The molecule has 2 rings (SSSR count). The predicted octanol–water partition coefficient (Wildman–Crippen LogP) is 3.19. The van der Waals surface area contributed by atoms with Crippen LogP contribution in [0.5, 0.6) is 0 Å². The third-order valence-electron chi connectivity index (χ3n) is 3.07. The molecule has 0 aliphatic rings. The van der Waals surface area contributed by atoms with Gasteiger partial charge in [0, 0.05) is 18.6 Å². The van der Waals surface area contributed by atoms with Crippen LogP contribution in [0.1, 0.15) is 18.4 Å². The Morgan fingerprint density at radius 1 is 1.43 bits per heavy atom. The van der Waals surface area contributed by atoms with Crippen LogP contribution in [0.15, 0.2) is 29.2 Å². The van der Waals surface area contributed by atoms with Crippen LogP contribution in [0.3, 0.4) is 0 Å². The van der Waals surface area contributed by atoms with E-state index in [4.69, 9.17) is 4.55 Å². The quantitative estimate of drug-likeness (QED) is 0.646. The number of thiazole rings is 1. The number of allylic oxidation sites excluding steroid dienone is 1. The smallest absolute Gasteiger partial charge is 0.265 e. The second-order valence-corrected chi connectivity index (χ2v) is 8.34. The summed E-state index contributed by atoms with van der Waals surface area (Å²) in [5, 5.41) is 1.10. The topological polar surface area (TPSA) is 58.2 Å². The molecule has 4 nitrogen and oxygen atoms in total. The van der Waals surface area contributed by atoms with Crippen molar-refractivity contribution in [1.29, 1.82) is 0 Å². The first-order chi connectivity index (χ1) is 9.90. The summed E-state index contributed by atoms with van der Waals surface area (Å²) < 4.78 is 33.9. The highest BCUT2D eigenvalue weighted by Crippen LogP contribution is 2.24. The first kappa shape index (κ1) is 16.5. The molecule has 0 unspecified atom stereocenters. The van der Waals surface area contributed by atoms with Gasteiger partial charge in [0.05, 0.1) is 5.75 Å². The highest BCUT2D eigenvalue weighted by atomic mass is 32.2. The fourth-order valence-electron chi connectivity index (χ4n) is 2.03. The van der Waals surface area contributed by atoms with E-state index in [2.05, 4.69) is 23.6 Å². The molecule has 0 spiro atoms. The summed E-state index contributed by atoms with van der Waals surface area (Å²) in [6.07, 6.45) is 4.54. The maximum atomic E-state index is 10.9. The van der Waals surface area contributed by atoms with Crippen molar-refractivity contribution in [3.05, 3.63) is 34.2 Å². The average Bonchev–Trinajstić information content (AvgIpc) is 2.75. The van der Waals surface area contributed by atoms with Gasteiger partial charge in [-0.25, -0.2) is 0 Å². The van der Waals surface area contributed by atoms with Crippen LogP contribution in [-0.4, -0.2) is 25.0 Å². The van der Waals surface area contributed by atoms with Gasteiger partial charge in [0.1, 0.15) is 4.70 Å². The monoisotopic (exact) mass is 344 g/mol. The zero-order valence-corrected chi connectivity index (χ0v) is 14.4. The molecule has 1 aromatic carbocycles. The number of rotatable bonds is 6. The molecule has 0 fully saturated rings. The number of fused-ring (bicyclic) bond motifs is 1. The molecule has 1 heterocycles. The zero-order chi connectivity index (χ0) is 15.5. The van der Waals surface area contributed by atoms with Crippen molar-refractivity contribution in [2.45, 2.75) is 19.9 Å². The molecule has 7 heteroatoms. The Morgan fingerprint density at radius 3 is 2.81 bits per heavy atom. The number of thioether (sulfide) groups is 1. The molecule has 0 saturated carbocycles. The molecule has 114 valence electrons. The maximum Gasteiger partial charge on any atom is 0.265 e. The largest absolute Gasteiger partial charge is 0.286 e. The zero-order valence-electron chi connectivity index (χ0n) is 11.9. The van der Waals surface area contributed by atoms with Gasteiger partial charge in [-0.05, 0) is 24.2 Å². The van der Waals surface area contributed by atoms with Crippen molar-refractivity contribution < 1.29 is 17.5 Å². The molecule has 0 aliphatic carbocycles. The van der Waals surface area contributed by atoms with Crippen molar-refractivity contribution in [1.82, 2.24) is 0 Å². The Kier molecular flexibility index (Phi) is 5.43. The third-order valence-corrected chi connectivity index (χ3v) is 5.75. The molecule has 0 bridgehead atoms. The lowest BCUT2D eigenvalue weighted by molar-refractivity contribution is -0.668. The first-order valence-electron chi connectivity index (χ1n) is 6.49. The molecule has 21 heavy (non-hydrogen) atoms. The van der Waals surface area contributed by atoms with E-state index in [1.54, 1.807) is 23.1 Å². The molecule has 1 aromatic heterocycles. The van der Waals surface area contributed by atoms with Crippen molar-refractivity contribution in [3.63, 3.8) is 0 Å². The third kappa shape index (κ3) is 4.54. The molecular formula is C14H18NO3S3+. The summed E-state index contributed by atoms with van der Waals surface area (Å²) in [5.41, 5.74) is 1.10. The van der Waals surface area contributed by atoms with Crippen LogP contribution in [-0.2, 0) is 16.7 Å². The van der Waals surface area contributed by atoms with Gasteiger partial charge in [-0.15, -0.1) is 11.8 Å². The summed E-state index contributed by atoms with van der Waals surface area (Å²) >= 11 is 3.37. The van der Waals surface area contributed by atoms with Gasteiger partial charge >= 0.3 is 0 Å². The molecule has 0 atom stereocenters. The minimum Gasteiger partial charge on any atom is -0.286 e. The van der Waals surface area contributed by atoms with Gasteiger partial charge < -0.3 is 0 Å². The van der Waals surface area contributed by atoms with E-state index in [0.29, 0.717) is 13.0 Å². The molecule has 0 saturated heterocycles. The number of hydrogen-bond acceptors (Lipinski definition) is 4. The fourth-order valence-corrected chi connectivity index (χ4v) is 4.02. The summed E-state index contributed by atoms with van der Waals surface area (Å²) in [5.74, 6) is -0.213. The van der Waals surface area contributed by atoms with E-state index in [0.717, 1.165) is 10.5 Å². The average molecular weight is 345 g/mol. The molecule has 2 aromatic rings. The number of aromatic nitrogens is 1. The number of benzene rings is 1. The lowest BCUT2D eigenvalue weighted by Gasteiger charge is -1.98. The lowest BCUT2D eigenvalue weighted by Crippen LogP contribution is -2.36. The highest BCUT2D eigenvalue weighted by Gasteiger charge is 2.19. The van der Waals surface area contributed by atoms with Crippen LogP contribution in [0.25, 0.3) is 16.3 Å². The second kappa shape index (κ2) is 6.91.